The summed E-state index contributed by atoms with van der Waals surface area (Å²) in [6, 6.07) is 10.6. The lowest BCUT2D eigenvalue weighted by atomic mass is 10.2. The smallest absolute Gasteiger partial charge is 0.329 e. The van der Waals surface area contributed by atoms with Crippen molar-refractivity contribution in [2.24, 2.45) is 0 Å². The van der Waals surface area contributed by atoms with Crippen molar-refractivity contribution in [1.82, 2.24) is 19.7 Å². The van der Waals surface area contributed by atoms with Gasteiger partial charge in [-0.25, -0.2) is 14.6 Å². The van der Waals surface area contributed by atoms with Gasteiger partial charge in [0.15, 0.2) is 6.61 Å². The van der Waals surface area contributed by atoms with Gasteiger partial charge in [0.25, 0.3) is 5.56 Å². The summed E-state index contributed by atoms with van der Waals surface area (Å²) in [7, 11) is 0. The van der Waals surface area contributed by atoms with E-state index in [9.17, 15) is 13.6 Å². The highest BCUT2D eigenvalue weighted by Crippen LogP contribution is 2.23. The van der Waals surface area contributed by atoms with Gasteiger partial charge < -0.3 is 4.74 Å². The molecule has 0 saturated heterocycles. The Bertz CT molecular complexity index is 974. The van der Waals surface area contributed by atoms with Gasteiger partial charge in [-0.15, -0.1) is 0 Å². The Morgan fingerprint density at radius 2 is 1.74 bits per heavy atom. The minimum atomic E-state index is -2.99. The molecule has 0 bridgehead atoms. The van der Waals surface area contributed by atoms with Crippen molar-refractivity contribution in [2.45, 2.75) is 10.5 Å². The van der Waals surface area contributed by atoms with Gasteiger partial charge in [-0.2, -0.15) is 13.9 Å². The lowest BCUT2D eigenvalue weighted by Gasteiger charge is -2.10. The van der Waals surface area contributed by atoms with E-state index >= 15 is 0 Å². The number of halogens is 4. The second-order valence-electron chi connectivity index (χ2n) is 5.50. The molecule has 10 heteroatoms. The summed E-state index contributed by atoms with van der Waals surface area (Å²) in [5.41, 5.74) is 1.75. The van der Waals surface area contributed by atoms with Crippen LogP contribution >= 0.6 is 45.2 Å². The summed E-state index contributed by atoms with van der Waals surface area (Å²) in [5.74, 6) is 0. The molecule has 2 heterocycles. The molecule has 140 valence electrons. The molecule has 0 radical (unpaired) electrons. The summed E-state index contributed by atoms with van der Waals surface area (Å²) in [5, 5.41) is 4.34. The van der Waals surface area contributed by atoms with Gasteiger partial charge >= 0.3 is 9.94 Å². The molecule has 0 aliphatic heterocycles. The maximum atomic E-state index is 12.8. The molecule has 0 atom stereocenters. The first kappa shape index (κ1) is 20.0. The Kier molecular flexibility index (Phi) is 6.34. The van der Waals surface area contributed by atoms with Gasteiger partial charge in [0.1, 0.15) is 0 Å². The molecule has 0 aliphatic carbocycles. The largest absolute Gasteiger partial charge is 0.456 e. The summed E-state index contributed by atoms with van der Waals surface area (Å²) < 4.78 is 29.9. The maximum Gasteiger partial charge on any atom is 0.329 e. The third kappa shape index (κ3) is 5.89. The molecule has 0 amide bonds. The first-order chi connectivity index (χ1) is 12.8. The van der Waals surface area contributed by atoms with Gasteiger partial charge in [-0.1, -0.05) is 12.1 Å². The molecule has 0 spiro atoms. The zero-order valence-corrected chi connectivity index (χ0v) is 18.0. The third-order valence-corrected chi connectivity index (χ3v) is 4.43. The Labute approximate surface area is 180 Å². The summed E-state index contributed by atoms with van der Waals surface area (Å²) >= 11 is 3.19. The number of hydrogen-bond acceptors (Lipinski definition) is 5. The molecule has 27 heavy (non-hydrogen) atoms. The van der Waals surface area contributed by atoms with Gasteiger partial charge in [0.05, 0.1) is 12.2 Å². The van der Waals surface area contributed by atoms with Crippen LogP contribution in [0.2, 0.25) is 0 Å². The third-order valence-electron chi connectivity index (χ3n) is 3.40. The summed E-state index contributed by atoms with van der Waals surface area (Å²) in [6.07, 6.45) is 2.82. The number of nitrogens with zero attached hydrogens (tertiary/aromatic N) is 4. The Balaban J connectivity index is 1.79. The van der Waals surface area contributed by atoms with Crippen LogP contribution < -0.4 is 10.3 Å². The molecule has 0 fully saturated rings. The zero-order valence-electron chi connectivity index (χ0n) is 13.7. The predicted octanol–water partition coefficient (Wildman–Crippen LogP) is 3.76. The number of ether oxygens (including phenoxy) is 1. The second kappa shape index (κ2) is 8.54. The minimum Gasteiger partial charge on any atom is -0.456 e. The second-order valence-corrected chi connectivity index (χ2v) is 8.32. The highest BCUT2D eigenvalue weighted by Gasteiger charge is 2.25. The van der Waals surface area contributed by atoms with Crippen molar-refractivity contribution >= 4 is 45.2 Å². The lowest BCUT2D eigenvalue weighted by Crippen LogP contribution is -2.22. The molecule has 3 rings (SSSR count). The highest BCUT2D eigenvalue weighted by atomic mass is 127. The number of alkyl halides is 3. The molecule has 0 N–H and O–H groups in total. The molecule has 3 aromatic rings. The van der Waals surface area contributed by atoms with E-state index in [2.05, 4.69) is 37.7 Å². The fraction of sp³-hybridized carbons (Fsp3) is 0.176. The van der Waals surface area contributed by atoms with E-state index in [-0.39, 0.29) is 11.6 Å². The van der Waals surface area contributed by atoms with Crippen LogP contribution in [-0.2, 0) is 6.54 Å². The minimum absolute atomic E-state index is 0.151. The van der Waals surface area contributed by atoms with Crippen LogP contribution in [-0.4, -0.2) is 30.3 Å². The zero-order chi connectivity index (χ0) is 19.4. The van der Waals surface area contributed by atoms with Gasteiger partial charge in [0, 0.05) is 50.2 Å². The molecule has 0 unspecified atom stereocenters. The number of rotatable bonds is 6. The average molecular weight is 596 g/mol. The first-order valence-electron chi connectivity index (χ1n) is 7.65. The van der Waals surface area contributed by atoms with Crippen molar-refractivity contribution in [3.63, 3.8) is 0 Å². The number of benzene rings is 1. The highest BCUT2D eigenvalue weighted by molar-refractivity contribution is 14.1. The van der Waals surface area contributed by atoms with Gasteiger partial charge in [-0.05, 0) is 46.4 Å². The van der Waals surface area contributed by atoms with Crippen molar-refractivity contribution in [2.75, 3.05) is 6.61 Å². The van der Waals surface area contributed by atoms with Gasteiger partial charge in [0.2, 0.25) is 0 Å². The topological polar surface area (TPSA) is 69.9 Å². The van der Waals surface area contributed by atoms with Crippen LogP contribution in [0.4, 0.5) is 8.78 Å². The van der Waals surface area contributed by atoms with Crippen molar-refractivity contribution in [3.8, 4) is 17.3 Å². The monoisotopic (exact) mass is 596 g/mol. The van der Waals surface area contributed by atoms with E-state index in [0.29, 0.717) is 17.8 Å². The average Bonchev–Trinajstić information content (AvgIpc) is 2.63. The Hall–Kier alpha value is -1.70. The van der Waals surface area contributed by atoms with Crippen LogP contribution in [0.3, 0.4) is 0 Å². The van der Waals surface area contributed by atoms with Crippen LogP contribution in [0.1, 0.15) is 5.56 Å². The van der Waals surface area contributed by atoms with Crippen molar-refractivity contribution < 1.29 is 13.5 Å². The van der Waals surface area contributed by atoms with E-state index in [4.69, 9.17) is 4.74 Å². The molecule has 1 aromatic carbocycles. The first-order valence-corrected chi connectivity index (χ1v) is 9.80. The summed E-state index contributed by atoms with van der Waals surface area (Å²) in [6.45, 7) is -0.484. The Morgan fingerprint density at radius 3 is 2.37 bits per heavy atom. The number of aromatic nitrogens is 4. The van der Waals surface area contributed by atoms with E-state index in [1.54, 1.807) is 6.07 Å². The molecule has 0 aliphatic rings. The van der Waals surface area contributed by atoms with Crippen LogP contribution in [0.25, 0.3) is 11.3 Å². The quantitative estimate of drug-likeness (QED) is 0.321. The van der Waals surface area contributed by atoms with Crippen molar-refractivity contribution in [3.05, 3.63) is 68.3 Å². The summed E-state index contributed by atoms with van der Waals surface area (Å²) in [4.78, 5) is 19.9. The van der Waals surface area contributed by atoms with Crippen LogP contribution in [0.15, 0.2) is 53.6 Å². The normalized spacial score (nSPS) is 11.4. The van der Waals surface area contributed by atoms with E-state index in [1.165, 1.54) is 23.1 Å². The molecule has 0 saturated carbocycles. The molecular formula is C17H12F2I2N4O2. The van der Waals surface area contributed by atoms with Gasteiger partial charge in [-0.3, -0.25) is 4.79 Å². The standard InChI is InChI=1S/C17H12F2I2N4O2/c18-17(19,21)10-27-16-22-7-12(8-23-16)14-5-6-15(26)25(24-14)9-11-1-3-13(20)4-2-11/h1-8H,9-10H2. The number of hydrogen-bond donors (Lipinski definition) is 0. The lowest BCUT2D eigenvalue weighted by molar-refractivity contribution is 0.0603. The SMILES string of the molecule is O=c1ccc(-c2cnc(OCC(F)(F)I)nc2)nn1Cc1ccc(I)cc1. The Morgan fingerprint density at radius 1 is 1.07 bits per heavy atom. The van der Waals surface area contributed by atoms with E-state index in [0.717, 1.165) is 31.7 Å². The predicted molar refractivity (Wildman–Crippen MR) is 112 cm³/mol. The molecular weight excluding hydrogens is 584 g/mol. The fourth-order valence-corrected chi connectivity index (χ4v) is 2.66. The van der Waals surface area contributed by atoms with Crippen LogP contribution in [0, 0.1) is 3.57 Å². The van der Waals surface area contributed by atoms with Crippen LogP contribution in [0.5, 0.6) is 6.01 Å². The van der Waals surface area contributed by atoms with Crippen molar-refractivity contribution in [1.29, 1.82) is 0 Å². The molecule has 2 aromatic heterocycles. The fourth-order valence-electron chi connectivity index (χ4n) is 2.15. The van der Waals surface area contributed by atoms with E-state index < -0.39 is 10.5 Å². The molecule has 6 nitrogen and oxygen atoms in total. The van der Waals surface area contributed by atoms with E-state index in [1.807, 2.05) is 24.3 Å². The maximum absolute atomic E-state index is 12.8.